The molecule has 0 aromatic heterocycles. The second-order valence-corrected chi connectivity index (χ2v) is 6.75. The Bertz CT molecular complexity index is 236. The van der Waals surface area contributed by atoms with Crippen molar-refractivity contribution in [3.63, 3.8) is 0 Å². The molecule has 0 atom stereocenters. The molecule has 16 heavy (non-hydrogen) atoms. The zero-order valence-electron chi connectivity index (χ0n) is 11.3. The monoisotopic (exact) mass is 225 g/mol. The van der Waals surface area contributed by atoms with Crippen molar-refractivity contribution in [2.45, 2.75) is 32.2 Å². The van der Waals surface area contributed by atoms with Crippen LogP contribution in [0, 0.1) is 5.41 Å². The molecule has 2 rings (SSSR count). The maximum atomic E-state index is 3.74. The van der Waals surface area contributed by atoms with E-state index < -0.39 is 0 Å². The molecule has 1 saturated carbocycles. The highest BCUT2D eigenvalue weighted by Gasteiger charge is 2.46. The van der Waals surface area contributed by atoms with Crippen molar-refractivity contribution in [3.8, 4) is 0 Å². The molecular formula is C13H27N3. The first-order valence-corrected chi connectivity index (χ1v) is 6.53. The fourth-order valence-corrected chi connectivity index (χ4v) is 2.64. The predicted molar refractivity (Wildman–Crippen MR) is 68.7 cm³/mol. The minimum absolute atomic E-state index is 0.276. The Labute approximate surface area is 100 Å². The van der Waals surface area contributed by atoms with E-state index in [2.05, 4.69) is 43.1 Å². The van der Waals surface area contributed by atoms with Crippen LogP contribution in [0.15, 0.2) is 0 Å². The second kappa shape index (κ2) is 4.28. The van der Waals surface area contributed by atoms with Crippen LogP contribution in [0.25, 0.3) is 0 Å². The molecule has 0 aromatic rings. The van der Waals surface area contributed by atoms with Gasteiger partial charge in [0.15, 0.2) is 0 Å². The molecule has 3 heteroatoms. The van der Waals surface area contributed by atoms with Gasteiger partial charge >= 0.3 is 0 Å². The molecular weight excluding hydrogens is 198 g/mol. The molecule has 2 fully saturated rings. The zero-order chi connectivity index (χ0) is 11.8. The molecule has 1 spiro atoms. The van der Waals surface area contributed by atoms with E-state index in [0.29, 0.717) is 5.41 Å². The van der Waals surface area contributed by atoms with Gasteiger partial charge in [0.05, 0.1) is 0 Å². The van der Waals surface area contributed by atoms with E-state index in [1.807, 2.05) is 0 Å². The van der Waals surface area contributed by atoms with Gasteiger partial charge in [-0.3, -0.25) is 4.90 Å². The SMILES string of the molecule is CN(C)CCN1CC2(CC2)CNC(C)(C)C1. The molecule has 3 nitrogen and oxygen atoms in total. The number of hydrogen-bond donors (Lipinski definition) is 1. The Morgan fingerprint density at radius 3 is 2.44 bits per heavy atom. The van der Waals surface area contributed by atoms with Gasteiger partial charge in [-0.25, -0.2) is 0 Å². The highest BCUT2D eigenvalue weighted by Crippen LogP contribution is 2.47. The van der Waals surface area contributed by atoms with Gasteiger partial charge in [0, 0.05) is 38.3 Å². The van der Waals surface area contributed by atoms with Crippen LogP contribution in [-0.2, 0) is 0 Å². The third kappa shape index (κ3) is 3.19. The number of hydrogen-bond acceptors (Lipinski definition) is 3. The van der Waals surface area contributed by atoms with Crippen LogP contribution in [0.4, 0.5) is 0 Å². The summed E-state index contributed by atoms with van der Waals surface area (Å²) < 4.78 is 0. The van der Waals surface area contributed by atoms with Crippen LogP contribution >= 0.6 is 0 Å². The van der Waals surface area contributed by atoms with Crippen LogP contribution in [0.5, 0.6) is 0 Å². The summed E-state index contributed by atoms with van der Waals surface area (Å²) in [6.07, 6.45) is 2.85. The first kappa shape index (κ1) is 12.3. The summed E-state index contributed by atoms with van der Waals surface area (Å²) >= 11 is 0. The van der Waals surface area contributed by atoms with Crippen LogP contribution in [0.2, 0.25) is 0 Å². The smallest absolute Gasteiger partial charge is 0.0252 e. The largest absolute Gasteiger partial charge is 0.310 e. The first-order valence-electron chi connectivity index (χ1n) is 6.53. The third-order valence-corrected chi connectivity index (χ3v) is 3.94. The van der Waals surface area contributed by atoms with Gasteiger partial charge in [0.2, 0.25) is 0 Å². The van der Waals surface area contributed by atoms with Crippen molar-refractivity contribution in [1.29, 1.82) is 0 Å². The average molecular weight is 225 g/mol. The van der Waals surface area contributed by atoms with Crippen LogP contribution in [0.1, 0.15) is 26.7 Å². The van der Waals surface area contributed by atoms with Crippen LogP contribution in [-0.4, -0.2) is 62.2 Å². The highest BCUT2D eigenvalue weighted by atomic mass is 15.2. The molecule has 94 valence electrons. The molecule has 0 aromatic carbocycles. The van der Waals surface area contributed by atoms with Gasteiger partial charge in [-0.1, -0.05) is 0 Å². The molecule has 1 aliphatic carbocycles. The van der Waals surface area contributed by atoms with E-state index in [-0.39, 0.29) is 5.54 Å². The highest BCUT2D eigenvalue weighted by molar-refractivity contribution is 5.02. The maximum absolute atomic E-state index is 3.74. The summed E-state index contributed by atoms with van der Waals surface area (Å²) in [5, 5.41) is 3.74. The Balaban J connectivity index is 1.93. The fraction of sp³-hybridized carbons (Fsp3) is 1.00. The lowest BCUT2D eigenvalue weighted by Crippen LogP contribution is -2.47. The van der Waals surface area contributed by atoms with Gasteiger partial charge in [0.25, 0.3) is 0 Å². The Morgan fingerprint density at radius 2 is 1.88 bits per heavy atom. The molecule has 1 aliphatic heterocycles. The van der Waals surface area contributed by atoms with E-state index in [9.17, 15) is 0 Å². The van der Waals surface area contributed by atoms with Gasteiger partial charge in [-0.15, -0.1) is 0 Å². The van der Waals surface area contributed by atoms with Crippen molar-refractivity contribution in [3.05, 3.63) is 0 Å². The quantitative estimate of drug-likeness (QED) is 0.773. The lowest BCUT2D eigenvalue weighted by atomic mass is 10.1. The standard InChI is InChI=1S/C13H27N3/c1-12(2)10-16(8-7-15(3)4)11-13(5-6-13)9-14-12/h14H,5-11H2,1-4H3. The third-order valence-electron chi connectivity index (χ3n) is 3.94. The molecule has 0 bridgehead atoms. The van der Waals surface area contributed by atoms with E-state index in [1.165, 1.54) is 45.6 Å². The molecule has 0 radical (unpaired) electrons. The van der Waals surface area contributed by atoms with Gasteiger partial charge in [0.1, 0.15) is 0 Å². The first-order chi connectivity index (χ1) is 7.41. The summed E-state index contributed by atoms with van der Waals surface area (Å²) in [6.45, 7) is 10.7. The zero-order valence-corrected chi connectivity index (χ0v) is 11.3. The van der Waals surface area contributed by atoms with Crippen molar-refractivity contribution in [2.24, 2.45) is 5.41 Å². The number of nitrogens with one attached hydrogen (secondary N) is 1. The van der Waals surface area contributed by atoms with E-state index in [1.54, 1.807) is 0 Å². The molecule has 2 aliphatic rings. The molecule has 0 unspecified atom stereocenters. The van der Waals surface area contributed by atoms with E-state index in [4.69, 9.17) is 0 Å². The Kier molecular flexibility index (Phi) is 3.30. The maximum Gasteiger partial charge on any atom is 0.0252 e. The van der Waals surface area contributed by atoms with Crippen molar-refractivity contribution in [2.75, 3.05) is 46.8 Å². The van der Waals surface area contributed by atoms with Crippen molar-refractivity contribution >= 4 is 0 Å². The Hall–Kier alpha value is -0.120. The lowest BCUT2D eigenvalue weighted by molar-refractivity contribution is 0.194. The number of likely N-dealkylation sites (N-methyl/N-ethyl adjacent to an activating group) is 1. The van der Waals surface area contributed by atoms with Crippen molar-refractivity contribution in [1.82, 2.24) is 15.1 Å². The summed E-state index contributed by atoms with van der Waals surface area (Å²) in [4.78, 5) is 4.94. The topological polar surface area (TPSA) is 18.5 Å². The molecule has 1 N–H and O–H groups in total. The average Bonchev–Trinajstić information content (AvgIpc) is 2.93. The summed E-state index contributed by atoms with van der Waals surface area (Å²) in [7, 11) is 4.32. The van der Waals surface area contributed by atoms with Gasteiger partial charge in [-0.2, -0.15) is 0 Å². The van der Waals surface area contributed by atoms with Crippen molar-refractivity contribution < 1.29 is 0 Å². The number of nitrogens with zero attached hydrogens (tertiary/aromatic N) is 2. The van der Waals surface area contributed by atoms with E-state index >= 15 is 0 Å². The normalized spacial score (nSPS) is 28.3. The minimum atomic E-state index is 0.276. The minimum Gasteiger partial charge on any atom is -0.310 e. The van der Waals surface area contributed by atoms with Crippen LogP contribution < -0.4 is 5.32 Å². The summed E-state index contributed by atoms with van der Waals surface area (Å²) in [5.41, 5.74) is 0.901. The second-order valence-electron chi connectivity index (χ2n) is 6.75. The molecule has 1 saturated heterocycles. The lowest BCUT2D eigenvalue weighted by Gasteiger charge is -2.30. The van der Waals surface area contributed by atoms with Crippen LogP contribution in [0.3, 0.4) is 0 Å². The summed E-state index contributed by atoms with van der Waals surface area (Å²) in [6, 6.07) is 0. The molecule has 0 amide bonds. The summed E-state index contributed by atoms with van der Waals surface area (Å²) in [5.74, 6) is 0. The Morgan fingerprint density at radius 1 is 1.19 bits per heavy atom. The van der Waals surface area contributed by atoms with Gasteiger partial charge < -0.3 is 10.2 Å². The fourth-order valence-electron chi connectivity index (χ4n) is 2.64. The van der Waals surface area contributed by atoms with Gasteiger partial charge in [-0.05, 0) is 46.2 Å². The molecule has 1 heterocycles. The predicted octanol–water partition coefficient (Wildman–Crippen LogP) is 1.01. The number of rotatable bonds is 3. The van der Waals surface area contributed by atoms with E-state index in [0.717, 1.165) is 0 Å².